The highest BCUT2D eigenvalue weighted by atomic mass is 16.1. The molecule has 0 unspecified atom stereocenters. The van der Waals surface area contributed by atoms with E-state index in [2.05, 4.69) is 15.6 Å². The number of nitrogens with one attached hydrogen (secondary N) is 2. The predicted octanol–water partition coefficient (Wildman–Crippen LogP) is 2.17. The maximum Gasteiger partial charge on any atom is 0.228 e. The van der Waals surface area contributed by atoms with Crippen LogP contribution in [0.5, 0.6) is 0 Å². The van der Waals surface area contributed by atoms with Crippen LogP contribution in [0.3, 0.4) is 0 Å². The van der Waals surface area contributed by atoms with Gasteiger partial charge in [-0.05, 0) is 31.5 Å². The lowest BCUT2D eigenvalue weighted by Gasteiger charge is -2.22. The molecule has 2 heterocycles. The predicted molar refractivity (Wildman–Crippen MR) is 76.0 cm³/mol. The number of nitrogens with zero attached hydrogens (tertiary/aromatic N) is 1. The second-order valence-electron chi connectivity index (χ2n) is 4.91. The highest BCUT2D eigenvalue weighted by molar-refractivity contribution is 6.01. The summed E-state index contributed by atoms with van der Waals surface area (Å²) >= 11 is 0. The molecule has 2 aromatic rings. The molecule has 0 bridgehead atoms. The topological polar surface area (TPSA) is 54.0 Å². The Labute approximate surface area is 112 Å². The summed E-state index contributed by atoms with van der Waals surface area (Å²) < 4.78 is 0. The van der Waals surface area contributed by atoms with E-state index >= 15 is 0 Å². The fourth-order valence-corrected chi connectivity index (χ4v) is 2.52. The Kier molecular flexibility index (Phi) is 3.42. The molecule has 1 fully saturated rings. The number of hydrogen-bond acceptors (Lipinski definition) is 3. The van der Waals surface area contributed by atoms with Gasteiger partial charge in [-0.15, -0.1) is 0 Å². The van der Waals surface area contributed by atoms with Gasteiger partial charge in [-0.25, -0.2) is 0 Å². The molecule has 2 N–H and O–H groups in total. The molecule has 1 atom stereocenters. The quantitative estimate of drug-likeness (QED) is 0.864. The van der Waals surface area contributed by atoms with Crippen molar-refractivity contribution in [1.29, 1.82) is 0 Å². The van der Waals surface area contributed by atoms with Gasteiger partial charge in [0.15, 0.2) is 0 Å². The maximum absolute atomic E-state index is 12.2. The lowest BCUT2D eigenvalue weighted by atomic mass is 9.98. The van der Waals surface area contributed by atoms with Gasteiger partial charge in [-0.3, -0.25) is 9.78 Å². The second kappa shape index (κ2) is 5.36. The van der Waals surface area contributed by atoms with Crippen molar-refractivity contribution < 1.29 is 4.79 Å². The number of aromatic nitrogens is 1. The first kappa shape index (κ1) is 12.1. The summed E-state index contributed by atoms with van der Waals surface area (Å²) in [6.45, 7) is 1.78. The molecule has 1 aromatic carbocycles. The number of amides is 1. The number of anilines is 1. The van der Waals surface area contributed by atoms with Gasteiger partial charge < -0.3 is 10.6 Å². The van der Waals surface area contributed by atoms with Crippen LogP contribution in [0.1, 0.15) is 12.8 Å². The Hall–Kier alpha value is -1.94. The Bertz CT molecular complexity index is 585. The van der Waals surface area contributed by atoms with Crippen molar-refractivity contribution in [2.75, 3.05) is 18.4 Å². The van der Waals surface area contributed by atoms with Crippen LogP contribution in [0, 0.1) is 5.92 Å². The van der Waals surface area contributed by atoms with Crippen LogP contribution >= 0.6 is 0 Å². The van der Waals surface area contributed by atoms with Crippen molar-refractivity contribution in [2.24, 2.45) is 5.92 Å². The molecule has 19 heavy (non-hydrogen) atoms. The molecule has 1 saturated heterocycles. The van der Waals surface area contributed by atoms with Gasteiger partial charge in [0.2, 0.25) is 5.91 Å². The molecule has 0 spiro atoms. The first-order valence-corrected chi connectivity index (χ1v) is 6.70. The zero-order chi connectivity index (χ0) is 13.1. The lowest BCUT2D eigenvalue weighted by molar-refractivity contribution is -0.120. The lowest BCUT2D eigenvalue weighted by Crippen LogP contribution is -2.37. The van der Waals surface area contributed by atoms with E-state index < -0.39 is 0 Å². The van der Waals surface area contributed by atoms with Crippen molar-refractivity contribution in [3.8, 4) is 0 Å². The molecule has 4 nitrogen and oxygen atoms in total. The third-order valence-electron chi connectivity index (χ3n) is 3.56. The van der Waals surface area contributed by atoms with Gasteiger partial charge in [0.1, 0.15) is 0 Å². The molecule has 0 saturated carbocycles. The van der Waals surface area contributed by atoms with Crippen LogP contribution in [0.2, 0.25) is 0 Å². The van der Waals surface area contributed by atoms with Crippen LogP contribution in [0.4, 0.5) is 5.69 Å². The van der Waals surface area contributed by atoms with Crippen LogP contribution in [0.25, 0.3) is 10.9 Å². The SMILES string of the molecule is O=C(Nc1cccc2cccnc12)[C@H]1CCCNC1. The van der Waals surface area contributed by atoms with E-state index in [4.69, 9.17) is 0 Å². The number of pyridine rings is 1. The smallest absolute Gasteiger partial charge is 0.228 e. The highest BCUT2D eigenvalue weighted by Crippen LogP contribution is 2.22. The average molecular weight is 255 g/mol. The third kappa shape index (κ3) is 2.58. The van der Waals surface area contributed by atoms with Crippen LogP contribution in [-0.2, 0) is 4.79 Å². The van der Waals surface area contributed by atoms with Gasteiger partial charge in [0.25, 0.3) is 0 Å². The number of piperidine rings is 1. The first-order valence-electron chi connectivity index (χ1n) is 6.70. The number of fused-ring (bicyclic) bond motifs is 1. The molecule has 1 aliphatic rings. The van der Waals surface area contributed by atoms with Gasteiger partial charge in [0, 0.05) is 18.1 Å². The van der Waals surface area contributed by atoms with Crippen molar-refractivity contribution >= 4 is 22.5 Å². The van der Waals surface area contributed by atoms with Crippen LogP contribution in [0.15, 0.2) is 36.5 Å². The minimum Gasteiger partial charge on any atom is -0.324 e. The Morgan fingerprint density at radius 1 is 1.32 bits per heavy atom. The molecule has 4 heteroatoms. The fourth-order valence-electron chi connectivity index (χ4n) is 2.52. The van der Waals surface area contributed by atoms with Crippen LogP contribution in [-0.4, -0.2) is 24.0 Å². The fraction of sp³-hybridized carbons (Fsp3) is 0.333. The monoisotopic (exact) mass is 255 g/mol. The number of rotatable bonds is 2. The largest absolute Gasteiger partial charge is 0.324 e. The molecule has 1 aliphatic heterocycles. The molecular formula is C15H17N3O. The van der Waals surface area contributed by atoms with E-state index in [1.807, 2.05) is 30.3 Å². The Balaban J connectivity index is 1.82. The zero-order valence-corrected chi connectivity index (χ0v) is 10.7. The summed E-state index contributed by atoms with van der Waals surface area (Å²) in [6, 6.07) is 9.75. The first-order chi connectivity index (χ1) is 9.34. The summed E-state index contributed by atoms with van der Waals surface area (Å²) in [5.41, 5.74) is 1.65. The number of hydrogen-bond donors (Lipinski definition) is 2. The Morgan fingerprint density at radius 2 is 2.21 bits per heavy atom. The minimum atomic E-state index is 0.0627. The van der Waals surface area contributed by atoms with Gasteiger partial charge >= 0.3 is 0 Å². The number of benzene rings is 1. The second-order valence-corrected chi connectivity index (χ2v) is 4.91. The van der Waals surface area contributed by atoms with Gasteiger partial charge in [0.05, 0.1) is 17.1 Å². The highest BCUT2D eigenvalue weighted by Gasteiger charge is 2.21. The summed E-state index contributed by atoms with van der Waals surface area (Å²) in [7, 11) is 0. The molecule has 0 aliphatic carbocycles. The normalized spacial score (nSPS) is 19.3. The maximum atomic E-state index is 12.2. The summed E-state index contributed by atoms with van der Waals surface area (Å²) in [5.74, 6) is 0.151. The number of carbonyl (C=O) groups is 1. The standard InChI is InChI=1S/C15H17N3O/c19-15(12-6-2-8-16-10-12)18-13-7-1-4-11-5-3-9-17-14(11)13/h1,3-5,7,9,12,16H,2,6,8,10H2,(H,18,19)/t12-/m0/s1. The molecule has 1 amide bonds. The van der Waals surface area contributed by atoms with E-state index in [0.717, 1.165) is 42.5 Å². The number of para-hydroxylation sites is 1. The molecule has 0 radical (unpaired) electrons. The van der Waals surface area contributed by atoms with Crippen molar-refractivity contribution in [2.45, 2.75) is 12.8 Å². The third-order valence-corrected chi connectivity index (χ3v) is 3.56. The van der Waals surface area contributed by atoms with E-state index in [-0.39, 0.29) is 11.8 Å². The Morgan fingerprint density at radius 3 is 3.05 bits per heavy atom. The van der Waals surface area contributed by atoms with E-state index in [1.54, 1.807) is 6.20 Å². The van der Waals surface area contributed by atoms with Gasteiger partial charge in [-0.1, -0.05) is 18.2 Å². The van der Waals surface area contributed by atoms with E-state index in [0.29, 0.717) is 0 Å². The molecular weight excluding hydrogens is 238 g/mol. The molecule has 3 rings (SSSR count). The summed E-state index contributed by atoms with van der Waals surface area (Å²) in [5, 5.41) is 7.32. The summed E-state index contributed by atoms with van der Waals surface area (Å²) in [6.07, 6.45) is 3.77. The van der Waals surface area contributed by atoms with Crippen molar-refractivity contribution in [3.63, 3.8) is 0 Å². The van der Waals surface area contributed by atoms with E-state index in [9.17, 15) is 4.79 Å². The number of carbonyl (C=O) groups excluding carboxylic acids is 1. The summed E-state index contributed by atoms with van der Waals surface area (Å²) in [4.78, 5) is 16.6. The van der Waals surface area contributed by atoms with Gasteiger partial charge in [-0.2, -0.15) is 0 Å². The average Bonchev–Trinajstić information content (AvgIpc) is 2.48. The van der Waals surface area contributed by atoms with Crippen molar-refractivity contribution in [3.05, 3.63) is 36.5 Å². The van der Waals surface area contributed by atoms with Crippen molar-refractivity contribution in [1.82, 2.24) is 10.3 Å². The van der Waals surface area contributed by atoms with Crippen LogP contribution < -0.4 is 10.6 Å². The van der Waals surface area contributed by atoms with E-state index in [1.165, 1.54) is 0 Å². The molecule has 1 aromatic heterocycles. The minimum absolute atomic E-state index is 0.0627. The zero-order valence-electron chi connectivity index (χ0n) is 10.7. The molecule has 98 valence electrons.